The maximum absolute atomic E-state index is 12.9. The molecule has 1 N–H and O–H groups in total. The average Bonchev–Trinajstić information content (AvgIpc) is 2.38. The number of nitrogens with one attached hydrogen (secondary N) is 1. The van der Waals surface area contributed by atoms with Gasteiger partial charge in [0.15, 0.2) is 0 Å². The standard InChI is InChI=1S/C13H15ClF3NO2/c1-4-12(2,20-3)11(19)18-10-6-5-8(14)7-9(10)13(15,16)17/h5-7H,4H2,1-3H3,(H,18,19). The number of hydrogen-bond acceptors (Lipinski definition) is 2. The minimum absolute atomic E-state index is 0.0553. The molecular weight excluding hydrogens is 295 g/mol. The minimum atomic E-state index is -4.61. The SMILES string of the molecule is CCC(C)(OC)C(=O)Nc1ccc(Cl)cc1C(F)(F)F. The normalized spacial score (nSPS) is 14.8. The Labute approximate surface area is 120 Å². The highest BCUT2D eigenvalue weighted by Gasteiger charge is 2.36. The number of halogens is 4. The second-order valence-corrected chi connectivity index (χ2v) is 4.87. The van der Waals surface area contributed by atoms with Crippen LogP contribution in [-0.4, -0.2) is 18.6 Å². The van der Waals surface area contributed by atoms with Gasteiger partial charge in [-0.1, -0.05) is 18.5 Å². The second kappa shape index (κ2) is 6.01. The van der Waals surface area contributed by atoms with Gasteiger partial charge < -0.3 is 10.1 Å². The van der Waals surface area contributed by atoms with Crippen molar-refractivity contribution >= 4 is 23.2 Å². The molecule has 0 heterocycles. The lowest BCUT2D eigenvalue weighted by atomic mass is 10.0. The maximum atomic E-state index is 12.9. The number of amides is 1. The van der Waals surface area contributed by atoms with E-state index >= 15 is 0 Å². The topological polar surface area (TPSA) is 38.3 Å². The molecule has 112 valence electrons. The first-order valence-electron chi connectivity index (χ1n) is 5.87. The fourth-order valence-electron chi connectivity index (χ4n) is 1.51. The average molecular weight is 310 g/mol. The fourth-order valence-corrected chi connectivity index (χ4v) is 1.68. The van der Waals surface area contributed by atoms with E-state index in [1.165, 1.54) is 20.1 Å². The minimum Gasteiger partial charge on any atom is -0.369 e. The van der Waals surface area contributed by atoms with E-state index in [1.54, 1.807) is 6.92 Å². The molecule has 1 aromatic carbocycles. The van der Waals surface area contributed by atoms with Gasteiger partial charge >= 0.3 is 6.18 Å². The van der Waals surface area contributed by atoms with Gasteiger partial charge in [0.1, 0.15) is 5.60 Å². The fraction of sp³-hybridized carbons (Fsp3) is 0.462. The summed E-state index contributed by atoms with van der Waals surface area (Å²) in [5, 5.41) is 2.19. The van der Waals surface area contributed by atoms with Gasteiger partial charge in [-0.25, -0.2) is 0 Å². The van der Waals surface area contributed by atoms with Crippen LogP contribution in [0.3, 0.4) is 0 Å². The van der Waals surface area contributed by atoms with Crippen LogP contribution < -0.4 is 5.32 Å². The molecule has 0 aliphatic heterocycles. The van der Waals surface area contributed by atoms with Crippen molar-refractivity contribution in [2.75, 3.05) is 12.4 Å². The van der Waals surface area contributed by atoms with E-state index in [0.29, 0.717) is 6.42 Å². The van der Waals surface area contributed by atoms with Crippen molar-refractivity contribution < 1.29 is 22.7 Å². The van der Waals surface area contributed by atoms with E-state index in [0.717, 1.165) is 12.1 Å². The number of rotatable bonds is 4. The number of ether oxygens (including phenoxy) is 1. The molecule has 20 heavy (non-hydrogen) atoms. The van der Waals surface area contributed by atoms with Crippen molar-refractivity contribution in [2.24, 2.45) is 0 Å². The lowest BCUT2D eigenvalue weighted by molar-refractivity contribution is -0.138. The molecule has 1 amide bonds. The summed E-state index contributed by atoms with van der Waals surface area (Å²) in [6.45, 7) is 3.21. The molecule has 0 bridgehead atoms. The zero-order valence-electron chi connectivity index (χ0n) is 11.3. The highest BCUT2D eigenvalue weighted by molar-refractivity contribution is 6.30. The van der Waals surface area contributed by atoms with Crippen molar-refractivity contribution in [1.29, 1.82) is 0 Å². The Morgan fingerprint density at radius 3 is 2.45 bits per heavy atom. The first-order chi connectivity index (χ1) is 9.14. The Balaban J connectivity index is 3.13. The number of hydrogen-bond donors (Lipinski definition) is 1. The summed E-state index contributed by atoms with van der Waals surface area (Å²) in [6, 6.07) is 3.17. The van der Waals surface area contributed by atoms with E-state index in [2.05, 4.69) is 5.32 Å². The molecule has 0 fully saturated rings. The van der Waals surface area contributed by atoms with Crippen LogP contribution in [0.4, 0.5) is 18.9 Å². The second-order valence-electron chi connectivity index (χ2n) is 4.43. The van der Waals surface area contributed by atoms with E-state index in [9.17, 15) is 18.0 Å². The zero-order valence-corrected chi connectivity index (χ0v) is 12.0. The molecule has 1 aromatic rings. The number of methoxy groups -OCH3 is 1. The van der Waals surface area contributed by atoms with Crippen LogP contribution in [0.5, 0.6) is 0 Å². The summed E-state index contributed by atoms with van der Waals surface area (Å²) in [7, 11) is 1.33. The number of benzene rings is 1. The largest absolute Gasteiger partial charge is 0.418 e. The number of anilines is 1. The molecule has 0 aromatic heterocycles. The summed E-state index contributed by atoms with van der Waals surface area (Å²) in [4.78, 5) is 12.0. The quantitative estimate of drug-likeness (QED) is 0.909. The number of carbonyl (C=O) groups excluding carboxylic acids is 1. The third kappa shape index (κ3) is 3.64. The summed E-state index contributed by atoms with van der Waals surface area (Å²) in [5.41, 5.74) is -2.53. The molecule has 0 aliphatic rings. The molecule has 0 saturated heterocycles. The van der Waals surface area contributed by atoms with Gasteiger partial charge in [-0.3, -0.25) is 4.79 Å². The van der Waals surface area contributed by atoms with Gasteiger partial charge in [0, 0.05) is 12.1 Å². The van der Waals surface area contributed by atoms with E-state index in [4.69, 9.17) is 16.3 Å². The van der Waals surface area contributed by atoms with Crippen LogP contribution in [0, 0.1) is 0 Å². The summed E-state index contributed by atoms with van der Waals surface area (Å²) in [5.74, 6) is -0.643. The monoisotopic (exact) mass is 309 g/mol. The molecule has 3 nitrogen and oxygen atoms in total. The predicted molar refractivity (Wildman–Crippen MR) is 70.8 cm³/mol. The maximum Gasteiger partial charge on any atom is 0.418 e. The van der Waals surface area contributed by atoms with Crippen LogP contribution in [-0.2, 0) is 15.7 Å². The summed E-state index contributed by atoms with van der Waals surface area (Å²) < 4.78 is 43.7. The highest BCUT2D eigenvalue weighted by Crippen LogP contribution is 2.36. The van der Waals surface area contributed by atoms with Gasteiger partial charge in [0.05, 0.1) is 11.3 Å². The van der Waals surface area contributed by atoms with Gasteiger partial charge in [-0.2, -0.15) is 13.2 Å². The predicted octanol–water partition coefficient (Wildman–Crippen LogP) is 4.11. The molecule has 0 spiro atoms. The van der Waals surface area contributed by atoms with E-state index in [1.807, 2.05) is 0 Å². The van der Waals surface area contributed by atoms with Crippen LogP contribution in [0.1, 0.15) is 25.8 Å². The third-order valence-corrected chi connectivity index (χ3v) is 3.38. The lowest BCUT2D eigenvalue weighted by Crippen LogP contribution is -2.41. The molecular formula is C13H15ClF3NO2. The van der Waals surface area contributed by atoms with Crippen molar-refractivity contribution in [2.45, 2.75) is 32.0 Å². The highest BCUT2D eigenvalue weighted by atomic mass is 35.5. The Morgan fingerprint density at radius 1 is 1.40 bits per heavy atom. The first kappa shape index (κ1) is 16.8. The van der Waals surface area contributed by atoms with Gasteiger partial charge in [0.25, 0.3) is 5.91 Å². The molecule has 1 rings (SSSR count). The summed E-state index contributed by atoms with van der Waals surface area (Å²) >= 11 is 5.57. The molecule has 1 unspecified atom stereocenters. The van der Waals surface area contributed by atoms with Crippen LogP contribution >= 0.6 is 11.6 Å². The van der Waals surface area contributed by atoms with Gasteiger partial charge in [0.2, 0.25) is 0 Å². The molecule has 1 atom stereocenters. The third-order valence-electron chi connectivity index (χ3n) is 3.14. The van der Waals surface area contributed by atoms with E-state index < -0.39 is 23.2 Å². The first-order valence-corrected chi connectivity index (χ1v) is 6.25. The smallest absolute Gasteiger partial charge is 0.369 e. The van der Waals surface area contributed by atoms with Crippen molar-refractivity contribution in [3.05, 3.63) is 28.8 Å². The summed E-state index contributed by atoms with van der Waals surface area (Å²) in [6.07, 6.45) is -4.28. The van der Waals surface area contributed by atoms with Gasteiger partial charge in [-0.05, 0) is 31.5 Å². The van der Waals surface area contributed by atoms with Crippen LogP contribution in [0.25, 0.3) is 0 Å². The van der Waals surface area contributed by atoms with Crippen molar-refractivity contribution in [3.63, 3.8) is 0 Å². The van der Waals surface area contributed by atoms with Crippen molar-refractivity contribution in [3.8, 4) is 0 Å². The van der Waals surface area contributed by atoms with Crippen LogP contribution in [0.2, 0.25) is 5.02 Å². The Bertz CT molecular complexity index is 499. The van der Waals surface area contributed by atoms with Crippen molar-refractivity contribution in [1.82, 2.24) is 0 Å². The zero-order chi connectivity index (χ0) is 15.6. The Hall–Kier alpha value is -1.27. The van der Waals surface area contributed by atoms with Crippen LogP contribution in [0.15, 0.2) is 18.2 Å². The molecule has 0 radical (unpaired) electrons. The lowest BCUT2D eigenvalue weighted by Gasteiger charge is -2.26. The number of carbonyl (C=O) groups is 1. The molecule has 0 saturated carbocycles. The van der Waals surface area contributed by atoms with E-state index in [-0.39, 0.29) is 10.7 Å². The molecule has 7 heteroatoms. The number of alkyl halides is 3. The Kier molecular flexibility index (Phi) is 5.05. The van der Waals surface area contributed by atoms with Gasteiger partial charge in [-0.15, -0.1) is 0 Å². The molecule has 0 aliphatic carbocycles. The Morgan fingerprint density at radius 2 is 2.00 bits per heavy atom.